The Morgan fingerprint density at radius 2 is 2.08 bits per heavy atom. The lowest BCUT2D eigenvalue weighted by molar-refractivity contribution is 0.926. The molecular formula is C7H8N4S2. The Balaban J connectivity index is 2.70. The molecule has 2 rings (SSSR count). The van der Waals surface area contributed by atoms with Crippen LogP contribution >= 0.6 is 23.5 Å². The van der Waals surface area contributed by atoms with E-state index in [0.717, 1.165) is 21.3 Å². The highest BCUT2D eigenvalue weighted by atomic mass is 32.2. The number of nitrogens with zero attached hydrogens (tertiary/aromatic N) is 3. The van der Waals surface area contributed by atoms with Crippen LogP contribution in [0.4, 0.5) is 0 Å². The van der Waals surface area contributed by atoms with Gasteiger partial charge < -0.3 is 4.98 Å². The van der Waals surface area contributed by atoms with Gasteiger partial charge in [-0.2, -0.15) is 0 Å². The Morgan fingerprint density at radius 3 is 2.77 bits per heavy atom. The number of hydrogen-bond donors (Lipinski definition) is 1. The monoisotopic (exact) mass is 212 g/mol. The van der Waals surface area contributed by atoms with Crippen LogP contribution in [0.5, 0.6) is 0 Å². The number of aromatic nitrogens is 4. The minimum atomic E-state index is 0.779. The second-order valence-electron chi connectivity index (χ2n) is 2.32. The fraction of sp³-hybridized carbons (Fsp3) is 0.286. The van der Waals surface area contributed by atoms with Crippen molar-refractivity contribution < 1.29 is 0 Å². The lowest BCUT2D eigenvalue weighted by atomic mass is 10.6. The van der Waals surface area contributed by atoms with E-state index in [9.17, 15) is 0 Å². The number of hydrogen-bond acceptors (Lipinski definition) is 5. The SMILES string of the molecule is CSc1nc(SC)c2nc[nH]c2n1. The zero-order valence-corrected chi connectivity index (χ0v) is 8.87. The number of aromatic amines is 1. The van der Waals surface area contributed by atoms with Gasteiger partial charge in [0.05, 0.1) is 6.33 Å². The van der Waals surface area contributed by atoms with Gasteiger partial charge in [-0.15, -0.1) is 11.8 Å². The molecule has 0 fully saturated rings. The summed E-state index contributed by atoms with van der Waals surface area (Å²) in [4.78, 5) is 15.8. The summed E-state index contributed by atoms with van der Waals surface area (Å²) in [6.45, 7) is 0. The predicted octanol–water partition coefficient (Wildman–Crippen LogP) is 1.80. The van der Waals surface area contributed by atoms with E-state index in [1.165, 1.54) is 11.8 Å². The molecule has 4 nitrogen and oxygen atoms in total. The van der Waals surface area contributed by atoms with E-state index in [1.54, 1.807) is 18.1 Å². The summed E-state index contributed by atoms with van der Waals surface area (Å²) >= 11 is 3.12. The summed E-state index contributed by atoms with van der Waals surface area (Å²) in [6, 6.07) is 0. The molecule has 0 saturated carbocycles. The molecule has 0 unspecified atom stereocenters. The van der Waals surface area contributed by atoms with Gasteiger partial charge in [-0.3, -0.25) is 0 Å². The van der Waals surface area contributed by atoms with Crippen LogP contribution in [0.2, 0.25) is 0 Å². The highest BCUT2D eigenvalue weighted by Gasteiger charge is 2.07. The Hall–Kier alpha value is -0.750. The van der Waals surface area contributed by atoms with E-state index in [-0.39, 0.29) is 0 Å². The third kappa shape index (κ3) is 1.51. The van der Waals surface area contributed by atoms with Crippen LogP contribution in [-0.4, -0.2) is 32.4 Å². The van der Waals surface area contributed by atoms with Crippen molar-refractivity contribution >= 4 is 34.7 Å². The molecule has 0 bridgehead atoms. The number of H-pyrrole nitrogens is 1. The molecule has 0 amide bonds. The van der Waals surface area contributed by atoms with E-state index < -0.39 is 0 Å². The molecule has 68 valence electrons. The molecule has 0 radical (unpaired) electrons. The van der Waals surface area contributed by atoms with Crippen LogP contribution in [0.25, 0.3) is 11.2 Å². The predicted molar refractivity (Wildman–Crippen MR) is 55.2 cm³/mol. The van der Waals surface area contributed by atoms with Crippen molar-refractivity contribution in [1.82, 2.24) is 19.9 Å². The Bertz CT molecular complexity index is 425. The fourth-order valence-corrected chi connectivity index (χ4v) is 1.97. The van der Waals surface area contributed by atoms with Crippen molar-refractivity contribution in [2.45, 2.75) is 10.2 Å². The molecule has 6 heteroatoms. The summed E-state index contributed by atoms with van der Waals surface area (Å²) in [5.74, 6) is 0. The molecule has 0 atom stereocenters. The molecule has 2 aromatic rings. The van der Waals surface area contributed by atoms with Crippen LogP contribution in [0.15, 0.2) is 16.5 Å². The first-order valence-corrected chi connectivity index (χ1v) is 6.09. The van der Waals surface area contributed by atoms with E-state index in [2.05, 4.69) is 19.9 Å². The third-order valence-electron chi connectivity index (χ3n) is 1.60. The quantitative estimate of drug-likeness (QED) is 0.467. The summed E-state index contributed by atoms with van der Waals surface area (Å²) in [6.07, 6.45) is 5.59. The zero-order chi connectivity index (χ0) is 9.26. The van der Waals surface area contributed by atoms with Crippen molar-refractivity contribution in [3.63, 3.8) is 0 Å². The standard InChI is InChI=1S/C7H8N4S2/c1-12-6-4-5(9-3-8-4)10-7(11-6)13-2/h3H,1-2H3,(H,8,9,10,11). The summed E-state index contributed by atoms with van der Waals surface area (Å²) in [7, 11) is 0. The highest BCUT2D eigenvalue weighted by molar-refractivity contribution is 7.99. The van der Waals surface area contributed by atoms with E-state index in [4.69, 9.17) is 0 Å². The second kappa shape index (κ2) is 3.55. The van der Waals surface area contributed by atoms with Crippen LogP contribution in [0.3, 0.4) is 0 Å². The van der Waals surface area contributed by atoms with E-state index in [1.807, 2.05) is 12.5 Å². The number of rotatable bonds is 2. The van der Waals surface area contributed by atoms with Gasteiger partial charge >= 0.3 is 0 Å². The van der Waals surface area contributed by atoms with Gasteiger partial charge in [0.25, 0.3) is 0 Å². The third-order valence-corrected chi connectivity index (χ3v) is 2.82. The number of fused-ring (bicyclic) bond motifs is 1. The molecule has 0 spiro atoms. The molecule has 0 saturated heterocycles. The molecule has 0 aliphatic rings. The van der Waals surface area contributed by atoms with Gasteiger partial charge in [-0.25, -0.2) is 15.0 Å². The van der Waals surface area contributed by atoms with Gasteiger partial charge in [0, 0.05) is 0 Å². The zero-order valence-electron chi connectivity index (χ0n) is 7.24. The molecule has 2 aromatic heterocycles. The maximum Gasteiger partial charge on any atom is 0.190 e. The minimum Gasteiger partial charge on any atom is -0.329 e. The number of thioether (sulfide) groups is 2. The van der Waals surface area contributed by atoms with Gasteiger partial charge in [-0.05, 0) is 12.5 Å². The fourth-order valence-electron chi connectivity index (χ4n) is 1.02. The molecule has 0 aromatic carbocycles. The smallest absolute Gasteiger partial charge is 0.190 e. The maximum absolute atomic E-state index is 4.34. The Kier molecular flexibility index (Phi) is 2.41. The summed E-state index contributed by atoms with van der Waals surface area (Å²) in [5, 5.41) is 1.71. The Labute approximate surface area is 84.0 Å². The van der Waals surface area contributed by atoms with Crippen molar-refractivity contribution in [2.24, 2.45) is 0 Å². The normalized spacial score (nSPS) is 10.9. The molecule has 1 N–H and O–H groups in total. The van der Waals surface area contributed by atoms with Crippen LogP contribution < -0.4 is 0 Å². The highest BCUT2D eigenvalue weighted by Crippen LogP contribution is 2.22. The number of imidazole rings is 1. The maximum atomic E-state index is 4.34. The van der Waals surface area contributed by atoms with Gasteiger partial charge in [0.2, 0.25) is 0 Å². The second-order valence-corrected chi connectivity index (χ2v) is 3.89. The van der Waals surface area contributed by atoms with Gasteiger partial charge in [-0.1, -0.05) is 11.8 Å². The number of nitrogens with one attached hydrogen (secondary N) is 1. The average molecular weight is 212 g/mol. The molecule has 0 aliphatic carbocycles. The van der Waals surface area contributed by atoms with Gasteiger partial charge in [0.1, 0.15) is 10.5 Å². The molecule has 0 aliphatic heterocycles. The van der Waals surface area contributed by atoms with Gasteiger partial charge in [0.15, 0.2) is 10.8 Å². The van der Waals surface area contributed by atoms with Crippen LogP contribution in [0, 0.1) is 0 Å². The Morgan fingerprint density at radius 1 is 1.23 bits per heavy atom. The van der Waals surface area contributed by atoms with Crippen molar-refractivity contribution in [3.05, 3.63) is 6.33 Å². The summed E-state index contributed by atoms with van der Waals surface area (Å²) < 4.78 is 0. The average Bonchev–Trinajstić information content (AvgIpc) is 2.63. The first-order valence-electron chi connectivity index (χ1n) is 3.64. The largest absolute Gasteiger partial charge is 0.329 e. The first-order chi connectivity index (χ1) is 6.35. The van der Waals surface area contributed by atoms with Crippen LogP contribution in [-0.2, 0) is 0 Å². The summed E-state index contributed by atoms with van der Waals surface area (Å²) in [5.41, 5.74) is 1.66. The molecular weight excluding hydrogens is 204 g/mol. The van der Waals surface area contributed by atoms with Crippen molar-refractivity contribution in [2.75, 3.05) is 12.5 Å². The molecule has 2 heterocycles. The van der Waals surface area contributed by atoms with Crippen molar-refractivity contribution in [3.8, 4) is 0 Å². The lowest BCUT2D eigenvalue weighted by Gasteiger charge is -1.98. The van der Waals surface area contributed by atoms with E-state index in [0.29, 0.717) is 0 Å². The topological polar surface area (TPSA) is 54.5 Å². The molecule has 13 heavy (non-hydrogen) atoms. The first kappa shape index (κ1) is 8.83. The van der Waals surface area contributed by atoms with E-state index >= 15 is 0 Å². The van der Waals surface area contributed by atoms with Crippen molar-refractivity contribution in [1.29, 1.82) is 0 Å². The van der Waals surface area contributed by atoms with Crippen LogP contribution in [0.1, 0.15) is 0 Å². The lowest BCUT2D eigenvalue weighted by Crippen LogP contribution is -1.90. The minimum absolute atomic E-state index is 0.779.